The zero-order chi connectivity index (χ0) is 19.4. The molecular formula is C21H17BrN2O4Zn. The maximum Gasteiger partial charge on any atom is 2.00 e. The number of benzene rings is 2. The quantitative estimate of drug-likeness (QED) is 0.297. The van der Waals surface area contributed by atoms with Crippen LogP contribution in [0.15, 0.2) is 70.1 Å². The van der Waals surface area contributed by atoms with E-state index in [0.717, 1.165) is 6.26 Å². The number of carbonyl (C=O) groups excluding carboxylic acids is 1. The molecule has 2 aromatic carbocycles. The van der Waals surface area contributed by atoms with E-state index in [4.69, 9.17) is 14.6 Å². The molecule has 144 valence electrons. The molecule has 0 spiro atoms. The Bertz CT molecular complexity index is 1080. The Hall–Kier alpha value is -2.44. The van der Waals surface area contributed by atoms with Crippen molar-refractivity contribution in [1.29, 1.82) is 5.41 Å². The van der Waals surface area contributed by atoms with Crippen LogP contribution in [-0.2, 0) is 29.0 Å². The minimum atomic E-state index is -1.43. The summed E-state index contributed by atoms with van der Waals surface area (Å²) >= 11 is 0. The van der Waals surface area contributed by atoms with Gasteiger partial charge in [-0.3, -0.25) is 9.59 Å². The van der Waals surface area contributed by atoms with Gasteiger partial charge in [-0.2, -0.15) is 5.71 Å². The van der Waals surface area contributed by atoms with Crippen molar-refractivity contribution in [2.24, 2.45) is 5.92 Å². The van der Waals surface area contributed by atoms with Crippen LogP contribution in [0.4, 0.5) is 0 Å². The fourth-order valence-corrected chi connectivity index (χ4v) is 2.79. The zero-order valence-electron chi connectivity index (χ0n) is 15.7. The Kier molecular flexibility index (Phi) is 9.27. The van der Waals surface area contributed by atoms with Gasteiger partial charge in [0.25, 0.3) is 0 Å². The van der Waals surface area contributed by atoms with Crippen LogP contribution in [0.3, 0.4) is 0 Å². The van der Waals surface area contributed by atoms with Crippen molar-refractivity contribution < 1.29 is 50.4 Å². The molecule has 1 atom stereocenters. The molecule has 0 aliphatic rings. The van der Waals surface area contributed by atoms with Crippen molar-refractivity contribution in [3.05, 3.63) is 87.6 Å². The van der Waals surface area contributed by atoms with Crippen molar-refractivity contribution in [3.63, 3.8) is 0 Å². The Morgan fingerprint density at radius 1 is 1.14 bits per heavy atom. The van der Waals surface area contributed by atoms with Gasteiger partial charge >= 0.3 is 25.4 Å². The predicted octanol–water partition coefficient (Wildman–Crippen LogP) is 0.400. The molecular weight excluding hydrogens is 490 g/mol. The molecule has 3 rings (SSSR count). The molecule has 0 saturated carbocycles. The molecule has 1 aromatic heterocycles. The minimum absolute atomic E-state index is 0. The van der Waals surface area contributed by atoms with Crippen molar-refractivity contribution >= 4 is 28.4 Å². The van der Waals surface area contributed by atoms with Gasteiger partial charge in [0.15, 0.2) is 0 Å². The summed E-state index contributed by atoms with van der Waals surface area (Å²) < 4.78 is 10.5. The molecule has 3 aromatic rings. The van der Waals surface area contributed by atoms with Gasteiger partial charge in [0.2, 0.25) is 5.43 Å². The zero-order valence-corrected chi connectivity index (χ0v) is 20.3. The number of rotatable bonds is 6. The summed E-state index contributed by atoms with van der Waals surface area (Å²) in [6.45, 7) is 1.71. The standard InChI is InChI=1S/C21H17N2O4.BrH.Zn/c1-2-26-21(25)17(18(22)13-8-4-3-5-9-13)19(23)15-12-27-16-11-7-6-10-14(16)20(15)24;;/h3-12,17,23H,2H2,1H3;1H;/q-1;;+2/p-1. The van der Waals surface area contributed by atoms with Gasteiger partial charge in [0.05, 0.1) is 23.3 Å². The van der Waals surface area contributed by atoms with Crippen molar-refractivity contribution in [3.8, 4) is 0 Å². The number of fused-ring (bicyclic) bond motifs is 1. The molecule has 6 nitrogen and oxygen atoms in total. The normalized spacial score (nSPS) is 10.9. The van der Waals surface area contributed by atoms with E-state index >= 15 is 0 Å². The third-order valence-electron chi connectivity index (χ3n) is 4.12. The third-order valence-corrected chi connectivity index (χ3v) is 4.12. The summed E-state index contributed by atoms with van der Waals surface area (Å²) in [5, 5.41) is 19.4. The fraction of sp³-hybridized carbons (Fsp3) is 0.143. The Morgan fingerprint density at radius 3 is 2.41 bits per heavy atom. The van der Waals surface area contributed by atoms with Gasteiger partial charge in [-0.15, -0.1) is 0 Å². The molecule has 0 saturated heterocycles. The first-order valence-electron chi connectivity index (χ1n) is 8.41. The Balaban J connectivity index is 0.00000210. The molecule has 0 bridgehead atoms. The number of ether oxygens (including phenoxy) is 1. The van der Waals surface area contributed by atoms with Crippen LogP contribution in [-0.4, -0.2) is 24.0 Å². The number of hydrogen-bond donors (Lipinski definition) is 1. The summed E-state index contributed by atoms with van der Waals surface area (Å²) in [5.41, 5.74) is -0.541. The Labute approximate surface area is 190 Å². The van der Waals surface area contributed by atoms with E-state index in [-0.39, 0.29) is 60.1 Å². The van der Waals surface area contributed by atoms with Crippen LogP contribution in [0.2, 0.25) is 0 Å². The van der Waals surface area contributed by atoms with Gasteiger partial charge in [-0.25, -0.2) is 0 Å². The number of nitrogens with one attached hydrogen (secondary N) is 1. The van der Waals surface area contributed by atoms with E-state index in [1.165, 1.54) is 0 Å². The second-order valence-corrected chi connectivity index (χ2v) is 5.82. The van der Waals surface area contributed by atoms with E-state index in [1.807, 2.05) is 0 Å². The van der Waals surface area contributed by atoms with E-state index in [1.54, 1.807) is 61.5 Å². The first-order chi connectivity index (χ1) is 13.0. The average Bonchev–Trinajstić information content (AvgIpc) is 2.69. The number of carbonyl (C=O) groups is 1. The monoisotopic (exact) mass is 504 g/mol. The molecule has 0 fully saturated rings. The molecule has 0 aliphatic heterocycles. The predicted molar refractivity (Wildman–Crippen MR) is 103 cm³/mol. The van der Waals surface area contributed by atoms with Crippen LogP contribution in [0.5, 0.6) is 0 Å². The summed E-state index contributed by atoms with van der Waals surface area (Å²) in [6, 6.07) is 15.0. The SMILES string of the molecule is CCOC(=O)C(C(=[N-])c1ccccc1)C(=N)c1coc2ccccc2c1=O.[Br-].[Zn+2]. The largest absolute Gasteiger partial charge is 2.00 e. The van der Waals surface area contributed by atoms with Crippen LogP contribution < -0.4 is 22.4 Å². The number of hydrogen-bond acceptors (Lipinski definition) is 5. The van der Waals surface area contributed by atoms with Gasteiger partial charge in [-0.1, -0.05) is 42.5 Å². The van der Waals surface area contributed by atoms with Crippen molar-refractivity contribution in [2.45, 2.75) is 6.92 Å². The number of nitrogens with zero attached hydrogens (tertiary/aromatic N) is 1. The summed E-state index contributed by atoms with van der Waals surface area (Å²) in [5.74, 6) is -2.24. The molecule has 8 heteroatoms. The first-order valence-corrected chi connectivity index (χ1v) is 8.41. The second kappa shape index (κ2) is 10.9. The number of halogens is 1. The summed E-state index contributed by atoms with van der Waals surface area (Å²) in [7, 11) is 0. The van der Waals surface area contributed by atoms with E-state index in [9.17, 15) is 15.0 Å². The van der Waals surface area contributed by atoms with Crippen LogP contribution >= 0.6 is 0 Å². The molecule has 0 amide bonds. The molecule has 1 N–H and O–H groups in total. The Morgan fingerprint density at radius 2 is 1.76 bits per heavy atom. The maximum atomic E-state index is 12.8. The second-order valence-electron chi connectivity index (χ2n) is 5.82. The molecule has 0 radical (unpaired) electrons. The van der Waals surface area contributed by atoms with Gasteiger partial charge in [0, 0.05) is 0 Å². The summed E-state index contributed by atoms with van der Waals surface area (Å²) in [6.07, 6.45) is 1.14. The van der Waals surface area contributed by atoms with Crippen molar-refractivity contribution in [2.75, 3.05) is 6.61 Å². The van der Waals surface area contributed by atoms with Crippen molar-refractivity contribution in [1.82, 2.24) is 0 Å². The average molecular weight is 507 g/mol. The molecule has 1 heterocycles. The number of esters is 1. The van der Waals surface area contributed by atoms with E-state index in [0.29, 0.717) is 16.5 Å². The molecule has 29 heavy (non-hydrogen) atoms. The van der Waals surface area contributed by atoms with Gasteiger partial charge in [0.1, 0.15) is 17.8 Å². The van der Waals surface area contributed by atoms with E-state index < -0.39 is 17.3 Å². The fourth-order valence-electron chi connectivity index (χ4n) is 2.79. The molecule has 0 aliphatic carbocycles. The maximum absolute atomic E-state index is 12.8. The summed E-state index contributed by atoms with van der Waals surface area (Å²) in [4.78, 5) is 25.2. The smallest absolute Gasteiger partial charge is 1.00 e. The first kappa shape index (κ1) is 24.6. The van der Waals surface area contributed by atoms with Gasteiger partial charge in [-0.05, 0) is 24.6 Å². The number of para-hydroxylation sites is 1. The minimum Gasteiger partial charge on any atom is -1.00 e. The van der Waals surface area contributed by atoms with Crippen LogP contribution in [0.1, 0.15) is 18.1 Å². The van der Waals surface area contributed by atoms with E-state index in [2.05, 4.69) is 0 Å². The topological polar surface area (TPSA) is 103 Å². The van der Waals surface area contributed by atoms with Crippen LogP contribution in [0.25, 0.3) is 16.4 Å². The van der Waals surface area contributed by atoms with Gasteiger partial charge < -0.3 is 37.0 Å². The van der Waals surface area contributed by atoms with Crippen LogP contribution in [0, 0.1) is 11.3 Å². The third kappa shape index (κ3) is 5.14. The molecule has 1 unspecified atom stereocenters.